The van der Waals surface area contributed by atoms with Gasteiger partial charge in [-0.05, 0) is 61.7 Å². The standard InChI is InChI=1S/C22H30O4/c1-13-7-6-8-16-14(2)21(3,9-10-22(13,16)4)12-15-19(24)17(23)11-18(26-5)20(15)25/h7,11,14,16,24H,6,8-10,12H2,1-5H3. The van der Waals surface area contributed by atoms with E-state index >= 15 is 0 Å². The first kappa shape index (κ1) is 18.9. The van der Waals surface area contributed by atoms with E-state index in [0.717, 1.165) is 31.8 Å². The average molecular weight is 358 g/mol. The van der Waals surface area contributed by atoms with Gasteiger partial charge in [-0.25, -0.2) is 0 Å². The van der Waals surface area contributed by atoms with Gasteiger partial charge in [0, 0.05) is 11.6 Å². The summed E-state index contributed by atoms with van der Waals surface area (Å²) in [5, 5.41) is 10.3. The molecule has 3 aliphatic carbocycles. The summed E-state index contributed by atoms with van der Waals surface area (Å²) >= 11 is 0. The van der Waals surface area contributed by atoms with Gasteiger partial charge < -0.3 is 9.84 Å². The molecular formula is C22H30O4. The van der Waals surface area contributed by atoms with Crippen LogP contribution in [0.3, 0.4) is 0 Å². The second-order valence-electron chi connectivity index (χ2n) is 8.84. The highest BCUT2D eigenvalue weighted by molar-refractivity contribution is 6.20. The molecule has 26 heavy (non-hydrogen) atoms. The first-order chi connectivity index (χ1) is 12.1. The lowest BCUT2D eigenvalue weighted by Crippen LogP contribution is -2.47. The molecule has 0 aromatic carbocycles. The van der Waals surface area contributed by atoms with Crippen LogP contribution in [0.25, 0.3) is 0 Å². The number of aliphatic hydroxyl groups is 1. The Morgan fingerprint density at radius 3 is 2.62 bits per heavy atom. The van der Waals surface area contributed by atoms with Crippen LogP contribution in [0, 0.1) is 22.7 Å². The van der Waals surface area contributed by atoms with Gasteiger partial charge in [0.25, 0.3) is 0 Å². The first-order valence-corrected chi connectivity index (χ1v) is 9.58. The summed E-state index contributed by atoms with van der Waals surface area (Å²) in [6.07, 6.45) is 8.18. The average Bonchev–Trinajstić information content (AvgIpc) is 2.61. The van der Waals surface area contributed by atoms with Crippen molar-refractivity contribution in [2.24, 2.45) is 22.7 Å². The molecule has 4 unspecified atom stereocenters. The van der Waals surface area contributed by atoms with Crippen LogP contribution in [0.15, 0.2) is 34.8 Å². The zero-order valence-electron chi connectivity index (χ0n) is 16.5. The summed E-state index contributed by atoms with van der Waals surface area (Å²) < 4.78 is 5.06. The number of hydrogen-bond donors (Lipinski definition) is 1. The Hall–Kier alpha value is -1.84. The molecule has 0 aromatic heterocycles. The molecule has 0 spiro atoms. The van der Waals surface area contributed by atoms with Gasteiger partial charge in [-0.1, -0.05) is 32.4 Å². The Bertz CT molecular complexity index is 741. The van der Waals surface area contributed by atoms with E-state index in [2.05, 4.69) is 33.8 Å². The number of allylic oxidation sites excluding steroid dienone is 4. The lowest BCUT2D eigenvalue weighted by molar-refractivity contribution is -0.120. The van der Waals surface area contributed by atoms with Crippen LogP contribution in [0.1, 0.15) is 59.8 Å². The van der Waals surface area contributed by atoms with Gasteiger partial charge in [-0.15, -0.1) is 0 Å². The molecule has 0 heterocycles. The lowest BCUT2D eigenvalue weighted by Gasteiger charge is -2.56. The normalized spacial score (nSPS) is 37.9. The molecule has 4 heteroatoms. The molecular weight excluding hydrogens is 328 g/mol. The number of methoxy groups -OCH3 is 1. The summed E-state index contributed by atoms with van der Waals surface area (Å²) in [6.45, 7) is 9.10. The van der Waals surface area contributed by atoms with E-state index in [4.69, 9.17) is 4.74 Å². The van der Waals surface area contributed by atoms with Gasteiger partial charge in [0.2, 0.25) is 11.6 Å². The van der Waals surface area contributed by atoms with Gasteiger partial charge in [-0.2, -0.15) is 0 Å². The molecule has 1 N–H and O–H groups in total. The zero-order valence-corrected chi connectivity index (χ0v) is 16.5. The number of hydrogen-bond acceptors (Lipinski definition) is 4. The maximum absolute atomic E-state index is 12.7. The highest BCUT2D eigenvalue weighted by atomic mass is 16.5. The highest BCUT2D eigenvalue weighted by Crippen LogP contribution is 2.60. The van der Waals surface area contributed by atoms with Crippen LogP contribution in [-0.2, 0) is 14.3 Å². The van der Waals surface area contributed by atoms with E-state index in [9.17, 15) is 14.7 Å². The van der Waals surface area contributed by atoms with Crippen LogP contribution in [0.2, 0.25) is 0 Å². The van der Waals surface area contributed by atoms with Crippen molar-refractivity contribution in [1.29, 1.82) is 0 Å². The third kappa shape index (κ3) is 2.74. The van der Waals surface area contributed by atoms with Crippen LogP contribution in [0.4, 0.5) is 0 Å². The Labute approximate surface area is 156 Å². The molecule has 4 atom stereocenters. The van der Waals surface area contributed by atoms with E-state index in [1.54, 1.807) is 0 Å². The van der Waals surface area contributed by atoms with Crippen molar-refractivity contribution in [2.45, 2.75) is 59.8 Å². The number of Topliss-reactive ketones (excluding diaryl/α,β-unsaturated/α-hetero) is 1. The molecule has 4 nitrogen and oxygen atoms in total. The van der Waals surface area contributed by atoms with Crippen molar-refractivity contribution in [3.8, 4) is 0 Å². The number of ketones is 2. The molecule has 0 amide bonds. The van der Waals surface area contributed by atoms with E-state index < -0.39 is 11.5 Å². The largest absolute Gasteiger partial charge is 0.504 e. The molecule has 3 aliphatic rings. The minimum Gasteiger partial charge on any atom is -0.504 e. The Balaban J connectivity index is 1.91. The van der Waals surface area contributed by atoms with E-state index in [1.807, 2.05) is 0 Å². The molecule has 1 saturated carbocycles. The second kappa shape index (κ2) is 6.40. The SMILES string of the molecule is COC1=CC(=O)C(O)=C(CC2(C)CCC3(C)C(C)=CCCC3C2C)C1=O. The Morgan fingerprint density at radius 2 is 1.96 bits per heavy atom. The van der Waals surface area contributed by atoms with Gasteiger partial charge in [0.15, 0.2) is 11.5 Å². The van der Waals surface area contributed by atoms with Crippen molar-refractivity contribution >= 4 is 11.6 Å². The van der Waals surface area contributed by atoms with Crippen molar-refractivity contribution in [3.05, 3.63) is 34.8 Å². The number of carbonyl (C=O) groups is 2. The number of fused-ring (bicyclic) bond motifs is 1. The monoisotopic (exact) mass is 358 g/mol. The summed E-state index contributed by atoms with van der Waals surface area (Å²) in [7, 11) is 1.38. The van der Waals surface area contributed by atoms with Crippen molar-refractivity contribution in [2.75, 3.05) is 7.11 Å². The fourth-order valence-corrected chi connectivity index (χ4v) is 5.39. The van der Waals surface area contributed by atoms with Crippen molar-refractivity contribution < 1.29 is 19.4 Å². The quantitative estimate of drug-likeness (QED) is 0.588. The van der Waals surface area contributed by atoms with Crippen LogP contribution < -0.4 is 0 Å². The predicted octanol–water partition coefficient (Wildman–Crippen LogP) is 4.67. The molecule has 3 rings (SSSR count). The molecule has 0 radical (unpaired) electrons. The fourth-order valence-electron chi connectivity index (χ4n) is 5.39. The van der Waals surface area contributed by atoms with Crippen LogP contribution >= 0.6 is 0 Å². The highest BCUT2D eigenvalue weighted by Gasteiger charge is 2.51. The first-order valence-electron chi connectivity index (χ1n) is 9.58. The Morgan fingerprint density at radius 1 is 1.27 bits per heavy atom. The third-order valence-electron chi connectivity index (χ3n) is 7.65. The minimum absolute atomic E-state index is 0.0242. The number of rotatable bonds is 3. The van der Waals surface area contributed by atoms with E-state index in [-0.39, 0.29) is 27.9 Å². The maximum Gasteiger partial charge on any atom is 0.227 e. The van der Waals surface area contributed by atoms with Gasteiger partial charge in [0.05, 0.1) is 7.11 Å². The van der Waals surface area contributed by atoms with E-state index in [1.165, 1.54) is 12.7 Å². The number of carbonyl (C=O) groups excluding carboxylic acids is 2. The number of ether oxygens (including phenoxy) is 1. The van der Waals surface area contributed by atoms with Gasteiger partial charge in [-0.3, -0.25) is 9.59 Å². The summed E-state index contributed by atoms with van der Waals surface area (Å²) in [5.41, 5.74) is 1.79. The van der Waals surface area contributed by atoms with Gasteiger partial charge >= 0.3 is 0 Å². The molecule has 0 aromatic rings. The fraction of sp³-hybridized carbons (Fsp3) is 0.636. The smallest absolute Gasteiger partial charge is 0.227 e. The van der Waals surface area contributed by atoms with Crippen LogP contribution in [0.5, 0.6) is 0 Å². The molecule has 0 saturated heterocycles. The zero-order chi connectivity index (χ0) is 19.3. The molecule has 1 fully saturated rings. The van der Waals surface area contributed by atoms with E-state index in [0.29, 0.717) is 18.3 Å². The van der Waals surface area contributed by atoms with Crippen molar-refractivity contribution in [3.63, 3.8) is 0 Å². The molecule has 0 bridgehead atoms. The topological polar surface area (TPSA) is 63.6 Å². The third-order valence-corrected chi connectivity index (χ3v) is 7.65. The van der Waals surface area contributed by atoms with Crippen LogP contribution in [-0.4, -0.2) is 23.8 Å². The van der Waals surface area contributed by atoms with Crippen molar-refractivity contribution in [1.82, 2.24) is 0 Å². The maximum atomic E-state index is 12.7. The summed E-state index contributed by atoms with van der Waals surface area (Å²) in [6, 6.07) is 0. The molecule has 142 valence electrons. The molecule has 0 aliphatic heterocycles. The van der Waals surface area contributed by atoms with Gasteiger partial charge in [0.1, 0.15) is 0 Å². The lowest BCUT2D eigenvalue weighted by atomic mass is 9.49. The predicted molar refractivity (Wildman–Crippen MR) is 100 cm³/mol. The summed E-state index contributed by atoms with van der Waals surface area (Å²) in [5.74, 6) is -0.324. The Kier molecular flexibility index (Phi) is 4.66. The summed E-state index contributed by atoms with van der Waals surface area (Å²) in [4.78, 5) is 24.7. The minimum atomic E-state index is -0.537. The number of aliphatic hydroxyl groups excluding tert-OH is 1. The second-order valence-corrected chi connectivity index (χ2v) is 8.84.